The summed E-state index contributed by atoms with van der Waals surface area (Å²) < 4.78 is 1.48. The van der Waals surface area contributed by atoms with Crippen molar-refractivity contribution >= 4 is 89.4 Å². The minimum Gasteiger partial charge on any atom is -0.288 e. The van der Waals surface area contributed by atoms with Gasteiger partial charge in [0, 0.05) is 22.3 Å². The molecule has 0 atom stereocenters. The molecule has 0 saturated heterocycles. The average molecular weight is 566 g/mol. The van der Waals surface area contributed by atoms with Gasteiger partial charge in [0.15, 0.2) is 23.1 Å². The van der Waals surface area contributed by atoms with Crippen LogP contribution in [0.4, 0.5) is 0 Å². The van der Waals surface area contributed by atoms with Crippen molar-refractivity contribution in [2.45, 2.75) is 20.8 Å². The van der Waals surface area contributed by atoms with Gasteiger partial charge in [-0.1, -0.05) is 37.0 Å². The fraction of sp³-hybridized carbons (Fsp3) is 0.103. The monoisotopic (exact) mass is 565 g/mol. The third-order valence-corrected chi connectivity index (χ3v) is 8.88. The van der Waals surface area contributed by atoms with Gasteiger partial charge in [0.2, 0.25) is 0 Å². The number of benzene rings is 1. The SMILES string of the molecule is C=C/C=C1/C(=O)/C(=C/c2nc3c4n[nH]nc4c4nc(C=C5C(=O)C(=C/C)/C(=C\C)C5=O)sc4c3s2)C(=O)/C1=C/C. The Balaban J connectivity index is 1.53. The molecule has 11 heteroatoms. The van der Waals surface area contributed by atoms with Crippen molar-refractivity contribution in [1.29, 1.82) is 0 Å². The van der Waals surface area contributed by atoms with Crippen molar-refractivity contribution < 1.29 is 19.2 Å². The van der Waals surface area contributed by atoms with Crippen LogP contribution in [-0.4, -0.2) is 48.5 Å². The van der Waals surface area contributed by atoms with E-state index in [2.05, 4.69) is 22.0 Å². The Hall–Kier alpha value is -4.74. The molecule has 0 spiro atoms. The lowest BCUT2D eigenvalue weighted by molar-refractivity contribution is -0.116. The summed E-state index contributed by atoms with van der Waals surface area (Å²) in [6.45, 7) is 8.79. The van der Waals surface area contributed by atoms with Gasteiger partial charge in [-0.05, 0) is 32.9 Å². The number of nitrogens with one attached hydrogen (secondary N) is 1. The van der Waals surface area contributed by atoms with Crippen LogP contribution in [0.2, 0.25) is 0 Å². The summed E-state index contributed by atoms with van der Waals surface area (Å²) in [7, 11) is 0. The van der Waals surface area contributed by atoms with E-state index in [9.17, 15) is 19.2 Å². The van der Waals surface area contributed by atoms with Crippen LogP contribution < -0.4 is 0 Å². The number of hydrogen-bond donors (Lipinski definition) is 1. The predicted molar refractivity (Wildman–Crippen MR) is 156 cm³/mol. The first-order valence-electron chi connectivity index (χ1n) is 12.2. The third kappa shape index (κ3) is 3.59. The molecule has 0 aliphatic heterocycles. The van der Waals surface area contributed by atoms with Crippen LogP contribution in [0.1, 0.15) is 30.8 Å². The molecule has 0 radical (unpaired) electrons. The number of carbonyl (C=O) groups is 4. The zero-order chi connectivity index (χ0) is 28.3. The molecule has 3 aromatic heterocycles. The third-order valence-electron chi connectivity index (χ3n) is 6.71. The number of nitrogens with zero attached hydrogens (tertiary/aromatic N) is 4. The van der Waals surface area contributed by atoms with Crippen LogP contribution in [0.3, 0.4) is 0 Å². The second-order valence-electron chi connectivity index (χ2n) is 8.84. The highest BCUT2D eigenvalue weighted by Gasteiger charge is 2.37. The Morgan fingerprint density at radius 1 is 0.600 bits per heavy atom. The van der Waals surface area contributed by atoms with Crippen LogP contribution in [0, 0.1) is 0 Å². The van der Waals surface area contributed by atoms with Gasteiger partial charge in [-0.2, -0.15) is 15.4 Å². The Labute approximate surface area is 234 Å². The van der Waals surface area contributed by atoms with Gasteiger partial charge in [-0.25, -0.2) is 9.97 Å². The van der Waals surface area contributed by atoms with Crippen molar-refractivity contribution in [3.8, 4) is 0 Å². The second kappa shape index (κ2) is 9.47. The summed E-state index contributed by atoms with van der Waals surface area (Å²) in [5.41, 5.74) is 3.54. The maximum atomic E-state index is 13.0. The Morgan fingerprint density at radius 2 is 1.00 bits per heavy atom. The molecule has 2 aliphatic carbocycles. The molecule has 2 saturated carbocycles. The van der Waals surface area contributed by atoms with E-state index < -0.39 is 0 Å². The Bertz CT molecular complexity index is 2040. The number of H-pyrrole nitrogens is 1. The summed E-state index contributed by atoms with van der Waals surface area (Å²) in [6.07, 6.45) is 10.9. The van der Waals surface area contributed by atoms with Gasteiger partial charge in [0.1, 0.15) is 32.1 Å². The first-order chi connectivity index (χ1) is 19.3. The first-order valence-corrected chi connectivity index (χ1v) is 13.8. The number of carbonyl (C=O) groups excluding carboxylic acids is 4. The predicted octanol–water partition coefficient (Wildman–Crippen LogP) is 5.20. The molecular formula is C29H19N5O4S2. The van der Waals surface area contributed by atoms with E-state index in [-0.39, 0.29) is 34.3 Å². The number of thiazole rings is 2. The highest BCUT2D eigenvalue weighted by atomic mass is 32.1. The Kier molecular flexibility index (Phi) is 6.05. The molecule has 1 aromatic carbocycles. The number of aromatic nitrogens is 5. The zero-order valence-corrected chi connectivity index (χ0v) is 23.1. The molecule has 0 unspecified atom stereocenters. The summed E-state index contributed by atoms with van der Waals surface area (Å²) >= 11 is 2.59. The zero-order valence-electron chi connectivity index (χ0n) is 21.5. The molecule has 196 valence electrons. The number of fused-ring (bicyclic) bond motifs is 6. The summed E-state index contributed by atoms with van der Waals surface area (Å²) in [4.78, 5) is 61.2. The van der Waals surface area contributed by atoms with E-state index >= 15 is 0 Å². The van der Waals surface area contributed by atoms with E-state index in [4.69, 9.17) is 9.97 Å². The highest BCUT2D eigenvalue weighted by molar-refractivity contribution is 7.27. The van der Waals surface area contributed by atoms with E-state index in [1.807, 2.05) is 0 Å². The number of allylic oxidation sites excluding steroid dienone is 11. The number of rotatable bonds is 3. The quantitative estimate of drug-likeness (QED) is 0.265. The smallest absolute Gasteiger partial charge is 0.197 e. The molecule has 0 bridgehead atoms. The molecule has 1 N–H and O–H groups in total. The van der Waals surface area contributed by atoms with Gasteiger partial charge in [0.05, 0.1) is 20.5 Å². The first kappa shape index (κ1) is 25.5. The molecule has 2 aliphatic rings. The lowest BCUT2D eigenvalue weighted by Crippen LogP contribution is -2.00. The summed E-state index contributed by atoms with van der Waals surface area (Å²) in [6, 6.07) is 0. The fourth-order valence-electron chi connectivity index (χ4n) is 4.91. The maximum absolute atomic E-state index is 13.0. The van der Waals surface area contributed by atoms with Gasteiger partial charge in [0.25, 0.3) is 0 Å². The van der Waals surface area contributed by atoms with E-state index in [0.717, 1.165) is 9.40 Å². The lowest BCUT2D eigenvalue weighted by Gasteiger charge is -1.92. The summed E-state index contributed by atoms with van der Waals surface area (Å²) in [5.74, 6) is -1.41. The van der Waals surface area contributed by atoms with Crippen molar-refractivity contribution in [2.75, 3.05) is 0 Å². The van der Waals surface area contributed by atoms with Crippen LogP contribution in [0.25, 0.3) is 43.6 Å². The van der Waals surface area contributed by atoms with Gasteiger partial charge >= 0.3 is 0 Å². The highest BCUT2D eigenvalue weighted by Crippen LogP contribution is 2.41. The van der Waals surface area contributed by atoms with E-state index in [0.29, 0.717) is 54.4 Å². The number of Topliss-reactive ketones (excluding diaryl/α,β-unsaturated/α-hetero) is 4. The second-order valence-corrected chi connectivity index (χ2v) is 10.9. The van der Waals surface area contributed by atoms with Crippen molar-refractivity contribution in [1.82, 2.24) is 25.4 Å². The lowest BCUT2D eigenvalue weighted by atomic mass is 10.1. The van der Waals surface area contributed by atoms with Crippen molar-refractivity contribution in [2.24, 2.45) is 0 Å². The van der Waals surface area contributed by atoms with Gasteiger partial charge in [-0.15, -0.1) is 22.7 Å². The largest absolute Gasteiger partial charge is 0.288 e. The van der Waals surface area contributed by atoms with Crippen molar-refractivity contribution in [3.63, 3.8) is 0 Å². The standard InChI is InChI=1S/C29H19N5O4S2/c1-5-9-15-14(8-4)26(37)17(27(15)38)11-19-31-23-21-20(32-34-33-21)22-28(29(23)40-19)39-18(30-22)10-16-24(35)12(6-2)13(7-3)25(16)36/h5-11H,1H2,2-4H3,(H,32,33,34)/b12-6+,13-7+,14-8+,15-9+,17-11+. The molecule has 40 heavy (non-hydrogen) atoms. The van der Waals surface area contributed by atoms with Crippen LogP contribution in [0.15, 0.2) is 70.4 Å². The number of hydrogen-bond acceptors (Lipinski definition) is 10. The molecule has 0 amide bonds. The molecular weight excluding hydrogens is 546 g/mol. The Morgan fingerprint density at radius 3 is 1.40 bits per heavy atom. The maximum Gasteiger partial charge on any atom is 0.197 e. The topological polar surface area (TPSA) is 136 Å². The average Bonchev–Trinajstić information content (AvgIpc) is 3.74. The molecule has 3 heterocycles. The van der Waals surface area contributed by atoms with Crippen LogP contribution >= 0.6 is 22.7 Å². The summed E-state index contributed by atoms with van der Waals surface area (Å²) in [5, 5.41) is 12.1. The van der Waals surface area contributed by atoms with Gasteiger partial charge in [-0.3, -0.25) is 19.2 Å². The minimum absolute atomic E-state index is 0.0282. The number of ketones is 4. The molecule has 2 fully saturated rings. The van der Waals surface area contributed by atoms with Crippen molar-refractivity contribution in [3.05, 3.63) is 80.4 Å². The van der Waals surface area contributed by atoms with Crippen LogP contribution in [-0.2, 0) is 19.2 Å². The molecule has 9 nitrogen and oxygen atoms in total. The van der Waals surface area contributed by atoms with E-state index in [1.165, 1.54) is 47.0 Å². The minimum atomic E-state index is -0.382. The van der Waals surface area contributed by atoms with Crippen LogP contribution in [0.5, 0.6) is 0 Å². The van der Waals surface area contributed by atoms with E-state index in [1.54, 1.807) is 39.0 Å². The number of aromatic amines is 1. The fourth-order valence-corrected chi connectivity index (χ4v) is 7.07. The van der Waals surface area contributed by atoms with Gasteiger partial charge < -0.3 is 0 Å². The molecule has 6 rings (SSSR count). The normalized spacial score (nSPS) is 21.4. The molecule has 4 aromatic rings.